The Hall–Kier alpha value is -0.840. The van der Waals surface area contributed by atoms with E-state index in [1.807, 2.05) is 6.07 Å². The Labute approximate surface area is 106 Å². The molecule has 1 aliphatic rings. The van der Waals surface area contributed by atoms with Crippen LogP contribution in [-0.2, 0) is 11.3 Å². The Morgan fingerprint density at radius 1 is 1.47 bits per heavy atom. The summed E-state index contributed by atoms with van der Waals surface area (Å²) in [5, 5.41) is 4.09. The first-order valence-corrected chi connectivity index (χ1v) is 6.17. The van der Waals surface area contributed by atoms with Gasteiger partial charge in [0.1, 0.15) is 6.61 Å². The monoisotopic (exact) mass is 256 g/mol. The van der Waals surface area contributed by atoms with Gasteiger partial charge in [0.25, 0.3) is 0 Å². The van der Waals surface area contributed by atoms with E-state index in [9.17, 15) is 0 Å². The number of rotatable bonds is 7. The van der Waals surface area contributed by atoms with Crippen molar-refractivity contribution in [1.29, 1.82) is 0 Å². The summed E-state index contributed by atoms with van der Waals surface area (Å²) in [5.74, 6) is 0.596. The Balaban J connectivity index is 1.90. The van der Waals surface area contributed by atoms with E-state index in [0.717, 1.165) is 12.1 Å². The van der Waals surface area contributed by atoms with Crippen LogP contribution in [0.1, 0.15) is 18.4 Å². The minimum atomic E-state index is 0.501. The molecule has 0 amide bonds. The average Bonchev–Trinajstić information content (AvgIpc) is 3.14. The van der Waals surface area contributed by atoms with Gasteiger partial charge in [0.15, 0.2) is 0 Å². The molecule has 0 radical (unpaired) electrons. The molecule has 1 heterocycles. The standard InChI is InChI=1S/C12H17ClN2O2/c1-16-4-5-17-12-6-9(11(13)8-15-12)7-14-10-2-3-10/h6,8,10,14H,2-5,7H2,1H3. The van der Waals surface area contributed by atoms with Crippen LogP contribution >= 0.6 is 11.6 Å². The molecule has 0 aromatic carbocycles. The first-order valence-electron chi connectivity index (χ1n) is 5.79. The van der Waals surface area contributed by atoms with Gasteiger partial charge in [0.05, 0.1) is 11.6 Å². The van der Waals surface area contributed by atoms with Crippen molar-refractivity contribution in [1.82, 2.24) is 10.3 Å². The molecule has 1 aliphatic carbocycles. The zero-order chi connectivity index (χ0) is 12.1. The molecular formula is C12H17ClN2O2. The van der Waals surface area contributed by atoms with Crippen LogP contribution in [0.5, 0.6) is 5.88 Å². The fourth-order valence-electron chi connectivity index (χ4n) is 1.44. The fourth-order valence-corrected chi connectivity index (χ4v) is 1.61. The van der Waals surface area contributed by atoms with Crippen LogP contribution in [0, 0.1) is 0 Å². The predicted molar refractivity (Wildman–Crippen MR) is 66.5 cm³/mol. The smallest absolute Gasteiger partial charge is 0.213 e. The van der Waals surface area contributed by atoms with Crippen molar-refractivity contribution >= 4 is 11.6 Å². The molecule has 0 saturated heterocycles. The van der Waals surface area contributed by atoms with Gasteiger partial charge in [-0.25, -0.2) is 4.98 Å². The number of methoxy groups -OCH3 is 1. The van der Waals surface area contributed by atoms with E-state index in [1.165, 1.54) is 12.8 Å². The fraction of sp³-hybridized carbons (Fsp3) is 0.583. The summed E-state index contributed by atoms with van der Waals surface area (Å²) < 4.78 is 10.4. The predicted octanol–water partition coefficient (Wildman–Crippen LogP) is 2.01. The summed E-state index contributed by atoms with van der Waals surface area (Å²) in [4.78, 5) is 4.12. The maximum atomic E-state index is 6.08. The van der Waals surface area contributed by atoms with Gasteiger partial charge in [0, 0.05) is 32.0 Å². The Morgan fingerprint density at radius 2 is 2.29 bits per heavy atom. The lowest BCUT2D eigenvalue weighted by Gasteiger charge is -2.09. The summed E-state index contributed by atoms with van der Waals surface area (Å²) in [6.45, 7) is 1.83. The molecule has 4 nitrogen and oxygen atoms in total. The zero-order valence-electron chi connectivity index (χ0n) is 9.91. The number of pyridine rings is 1. The normalized spacial score (nSPS) is 14.9. The van der Waals surface area contributed by atoms with Crippen LogP contribution < -0.4 is 10.1 Å². The van der Waals surface area contributed by atoms with Gasteiger partial charge in [0.2, 0.25) is 5.88 Å². The Morgan fingerprint density at radius 3 is 3.00 bits per heavy atom. The number of nitrogens with one attached hydrogen (secondary N) is 1. The Kier molecular flexibility index (Phi) is 4.59. The summed E-state index contributed by atoms with van der Waals surface area (Å²) >= 11 is 6.08. The van der Waals surface area contributed by atoms with Crippen LogP contribution in [0.2, 0.25) is 5.02 Å². The van der Waals surface area contributed by atoms with Crippen LogP contribution in [0.25, 0.3) is 0 Å². The molecule has 1 aromatic rings. The van der Waals surface area contributed by atoms with E-state index < -0.39 is 0 Å². The second-order valence-electron chi connectivity index (χ2n) is 4.11. The molecule has 0 aliphatic heterocycles. The molecule has 2 rings (SSSR count). The number of ether oxygens (including phenoxy) is 2. The SMILES string of the molecule is COCCOc1cc(CNC2CC2)c(Cl)cn1. The minimum Gasteiger partial charge on any atom is -0.475 e. The molecule has 1 aromatic heterocycles. The maximum Gasteiger partial charge on any atom is 0.213 e. The quantitative estimate of drug-likeness (QED) is 0.758. The number of hydrogen-bond acceptors (Lipinski definition) is 4. The Bertz CT molecular complexity index is 370. The summed E-state index contributed by atoms with van der Waals surface area (Å²) in [6.07, 6.45) is 4.16. The maximum absolute atomic E-state index is 6.08. The van der Waals surface area contributed by atoms with Crippen LogP contribution in [0.15, 0.2) is 12.3 Å². The lowest BCUT2D eigenvalue weighted by atomic mass is 10.2. The van der Waals surface area contributed by atoms with E-state index in [-0.39, 0.29) is 0 Å². The lowest BCUT2D eigenvalue weighted by molar-refractivity contribution is 0.143. The molecule has 5 heteroatoms. The highest BCUT2D eigenvalue weighted by atomic mass is 35.5. The van der Waals surface area contributed by atoms with Crippen LogP contribution in [0.3, 0.4) is 0 Å². The van der Waals surface area contributed by atoms with Crippen LogP contribution in [0.4, 0.5) is 0 Å². The summed E-state index contributed by atoms with van der Waals surface area (Å²) in [5.41, 5.74) is 1.03. The van der Waals surface area contributed by atoms with Crippen molar-refractivity contribution in [2.75, 3.05) is 20.3 Å². The van der Waals surface area contributed by atoms with Gasteiger partial charge in [-0.3, -0.25) is 0 Å². The third kappa shape index (κ3) is 4.15. The number of nitrogens with zero attached hydrogens (tertiary/aromatic N) is 1. The highest BCUT2D eigenvalue weighted by Gasteiger charge is 2.20. The average molecular weight is 257 g/mol. The lowest BCUT2D eigenvalue weighted by Crippen LogP contribution is -2.16. The summed E-state index contributed by atoms with van der Waals surface area (Å²) in [6, 6.07) is 2.55. The second-order valence-corrected chi connectivity index (χ2v) is 4.52. The van der Waals surface area contributed by atoms with Crippen molar-refractivity contribution in [3.63, 3.8) is 0 Å². The van der Waals surface area contributed by atoms with E-state index in [0.29, 0.717) is 30.2 Å². The molecule has 0 atom stereocenters. The third-order valence-electron chi connectivity index (χ3n) is 2.61. The highest BCUT2D eigenvalue weighted by Crippen LogP contribution is 2.23. The van der Waals surface area contributed by atoms with Gasteiger partial charge in [-0.15, -0.1) is 0 Å². The molecule has 1 fully saturated rings. The van der Waals surface area contributed by atoms with Gasteiger partial charge in [-0.05, 0) is 18.4 Å². The van der Waals surface area contributed by atoms with E-state index in [4.69, 9.17) is 21.1 Å². The third-order valence-corrected chi connectivity index (χ3v) is 2.95. The largest absolute Gasteiger partial charge is 0.475 e. The molecule has 1 saturated carbocycles. The van der Waals surface area contributed by atoms with Gasteiger partial charge < -0.3 is 14.8 Å². The van der Waals surface area contributed by atoms with E-state index in [1.54, 1.807) is 13.3 Å². The number of hydrogen-bond donors (Lipinski definition) is 1. The molecule has 0 unspecified atom stereocenters. The van der Waals surface area contributed by atoms with Crippen molar-refractivity contribution in [3.8, 4) is 5.88 Å². The molecule has 0 bridgehead atoms. The van der Waals surface area contributed by atoms with E-state index >= 15 is 0 Å². The zero-order valence-corrected chi connectivity index (χ0v) is 10.7. The second kappa shape index (κ2) is 6.19. The molecule has 1 N–H and O–H groups in total. The van der Waals surface area contributed by atoms with Crippen molar-refractivity contribution < 1.29 is 9.47 Å². The van der Waals surface area contributed by atoms with Crippen molar-refractivity contribution in [2.45, 2.75) is 25.4 Å². The highest BCUT2D eigenvalue weighted by molar-refractivity contribution is 6.31. The topological polar surface area (TPSA) is 43.4 Å². The molecule has 0 spiro atoms. The molecule has 17 heavy (non-hydrogen) atoms. The van der Waals surface area contributed by atoms with Gasteiger partial charge >= 0.3 is 0 Å². The van der Waals surface area contributed by atoms with Crippen LogP contribution in [-0.4, -0.2) is 31.3 Å². The van der Waals surface area contributed by atoms with Gasteiger partial charge in [-0.1, -0.05) is 11.6 Å². The molecule has 94 valence electrons. The molecular weight excluding hydrogens is 240 g/mol. The minimum absolute atomic E-state index is 0.501. The summed E-state index contributed by atoms with van der Waals surface area (Å²) in [7, 11) is 1.64. The van der Waals surface area contributed by atoms with E-state index in [2.05, 4.69) is 10.3 Å². The number of halogens is 1. The van der Waals surface area contributed by atoms with Crippen molar-refractivity contribution in [3.05, 3.63) is 22.8 Å². The first kappa shape index (κ1) is 12.6. The van der Waals surface area contributed by atoms with Gasteiger partial charge in [-0.2, -0.15) is 0 Å². The number of aromatic nitrogens is 1. The van der Waals surface area contributed by atoms with Crippen molar-refractivity contribution in [2.24, 2.45) is 0 Å². The first-order chi connectivity index (χ1) is 8.29.